The Labute approximate surface area is 209 Å². The van der Waals surface area contributed by atoms with Crippen molar-refractivity contribution in [3.05, 3.63) is 18.2 Å². The van der Waals surface area contributed by atoms with Crippen molar-refractivity contribution in [1.29, 1.82) is 0 Å². The number of sulfonamides is 2. The van der Waals surface area contributed by atoms with Gasteiger partial charge in [-0.25, -0.2) is 16.8 Å². The Hall–Kier alpha value is -1.69. The van der Waals surface area contributed by atoms with Crippen molar-refractivity contribution in [2.75, 3.05) is 54.8 Å². The van der Waals surface area contributed by atoms with E-state index in [1.165, 1.54) is 16.4 Å². The number of ether oxygens (including phenoxy) is 1. The molecule has 1 aliphatic heterocycles. The molecule has 11 heteroatoms. The number of Topliss-reactive ketones (excluding diaryl/α,β-unsaturated/α-hetero) is 1. The molecule has 1 N–H and O–H groups in total. The lowest BCUT2D eigenvalue weighted by atomic mass is 9.70. The molecule has 3 fully saturated rings. The van der Waals surface area contributed by atoms with Crippen LogP contribution in [0, 0.1) is 16.7 Å². The number of carbonyl (C=O) groups excluding carboxylic acids is 1. The molecule has 2 atom stereocenters. The second kappa shape index (κ2) is 9.32. The van der Waals surface area contributed by atoms with Crippen molar-refractivity contribution in [2.45, 2.75) is 51.9 Å². The molecule has 35 heavy (non-hydrogen) atoms. The largest absolute Gasteiger partial charge is 0.379 e. The van der Waals surface area contributed by atoms with Crippen LogP contribution in [0.4, 0.5) is 11.4 Å². The average molecular weight is 528 g/mol. The molecular formula is C24H37N3O6S2. The summed E-state index contributed by atoms with van der Waals surface area (Å²) in [4.78, 5) is 14.9. The molecule has 0 unspecified atom stereocenters. The van der Waals surface area contributed by atoms with E-state index in [-0.39, 0.29) is 46.5 Å². The van der Waals surface area contributed by atoms with Crippen LogP contribution < -0.4 is 9.62 Å². The lowest BCUT2D eigenvalue weighted by Gasteiger charge is -2.36. The molecule has 1 saturated heterocycles. The highest BCUT2D eigenvalue weighted by molar-refractivity contribution is 7.92. The van der Waals surface area contributed by atoms with Crippen LogP contribution in [0.25, 0.3) is 0 Å². The van der Waals surface area contributed by atoms with Crippen LogP contribution in [0.1, 0.15) is 47.0 Å². The van der Waals surface area contributed by atoms with Gasteiger partial charge in [0.2, 0.25) is 20.0 Å². The lowest BCUT2D eigenvalue weighted by molar-refractivity contribution is -0.128. The van der Waals surface area contributed by atoms with Gasteiger partial charge in [0.25, 0.3) is 0 Å². The van der Waals surface area contributed by atoms with Crippen LogP contribution in [-0.2, 0) is 29.6 Å². The molecule has 0 spiro atoms. The molecule has 2 saturated carbocycles. The van der Waals surface area contributed by atoms with E-state index in [2.05, 4.69) is 4.72 Å². The Kier molecular flexibility index (Phi) is 7.02. The molecule has 4 rings (SSSR count). The van der Waals surface area contributed by atoms with Crippen molar-refractivity contribution in [2.24, 2.45) is 16.7 Å². The van der Waals surface area contributed by atoms with Gasteiger partial charge in [0.15, 0.2) is 0 Å². The quantitative estimate of drug-likeness (QED) is 0.525. The third-order valence-electron chi connectivity index (χ3n) is 8.52. The van der Waals surface area contributed by atoms with E-state index in [0.717, 1.165) is 6.42 Å². The molecule has 1 aromatic rings. The number of carbonyl (C=O) groups is 1. The molecule has 0 aromatic heterocycles. The van der Waals surface area contributed by atoms with Gasteiger partial charge in [0.05, 0.1) is 40.7 Å². The minimum atomic E-state index is -3.95. The van der Waals surface area contributed by atoms with Gasteiger partial charge in [-0.05, 0) is 56.2 Å². The van der Waals surface area contributed by atoms with Crippen LogP contribution in [0.5, 0.6) is 0 Å². The third kappa shape index (κ3) is 4.49. The van der Waals surface area contributed by atoms with Crippen molar-refractivity contribution < 1.29 is 26.4 Å². The predicted octanol–water partition coefficient (Wildman–Crippen LogP) is 2.69. The maximum atomic E-state index is 13.5. The van der Waals surface area contributed by atoms with Crippen molar-refractivity contribution in [3.63, 3.8) is 0 Å². The second-order valence-corrected chi connectivity index (χ2v) is 14.1. The summed E-state index contributed by atoms with van der Waals surface area (Å²) in [6, 6.07) is 4.60. The monoisotopic (exact) mass is 527 g/mol. The summed E-state index contributed by atoms with van der Waals surface area (Å²) in [5, 5.41) is 0. The van der Waals surface area contributed by atoms with E-state index in [1.807, 2.05) is 32.6 Å². The number of nitrogens with one attached hydrogen (secondary N) is 1. The molecule has 1 heterocycles. The number of hydrogen-bond acceptors (Lipinski definition) is 7. The summed E-state index contributed by atoms with van der Waals surface area (Å²) in [6.07, 6.45) is 1.85. The van der Waals surface area contributed by atoms with E-state index in [1.54, 1.807) is 6.07 Å². The highest BCUT2D eigenvalue weighted by atomic mass is 32.2. The molecule has 0 amide bonds. The molecule has 1 aromatic carbocycles. The Morgan fingerprint density at radius 3 is 2.31 bits per heavy atom. The normalized spacial score (nSPS) is 26.7. The molecule has 2 aliphatic carbocycles. The number of anilines is 2. The number of rotatable bonds is 9. The fourth-order valence-electron chi connectivity index (χ4n) is 6.17. The van der Waals surface area contributed by atoms with Gasteiger partial charge in [0.1, 0.15) is 5.78 Å². The van der Waals surface area contributed by atoms with Crippen molar-refractivity contribution in [3.8, 4) is 0 Å². The summed E-state index contributed by atoms with van der Waals surface area (Å²) < 4.78 is 62.9. The standard InChI is InChI=1S/C24H37N3O6S2/c1-5-26(6-2)21-8-7-19(35(31,32)27-11-13-33-14-12-27)16-20(21)25-34(29,30)17-24-10-9-18(15-22(24)28)23(24,3)4/h7-8,16,18,25H,5-6,9-15,17H2,1-4H3/t18-,24-/m0/s1. The Balaban J connectivity index is 1.70. The van der Waals surface area contributed by atoms with Crippen LogP contribution in [0.15, 0.2) is 23.1 Å². The van der Waals surface area contributed by atoms with Gasteiger partial charge in [0, 0.05) is 32.6 Å². The summed E-state index contributed by atoms with van der Waals surface area (Å²) in [5.74, 6) is -0.0596. The van der Waals surface area contributed by atoms with Crippen LogP contribution >= 0.6 is 0 Å². The number of benzene rings is 1. The van der Waals surface area contributed by atoms with Crippen LogP contribution in [-0.4, -0.2) is 72.1 Å². The first-order valence-electron chi connectivity index (χ1n) is 12.4. The highest BCUT2D eigenvalue weighted by Gasteiger charge is 2.65. The summed E-state index contributed by atoms with van der Waals surface area (Å²) in [5.41, 5.74) is -0.464. The van der Waals surface area contributed by atoms with E-state index in [0.29, 0.717) is 44.8 Å². The summed E-state index contributed by atoms with van der Waals surface area (Å²) in [7, 11) is -7.76. The van der Waals surface area contributed by atoms with Crippen LogP contribution in [0.3, 0.4) is 0 Å². The van der Waals surface area contributed by atoms with E-state index < -0.39 is 25.5 Å². The average Bonchev–Trinajstić information content (AvgIpc) is 3.15. The molecule has 2 bridgehead atoms. The Morgan fingerprint density at radius 1 is 1.11 bits per heavy atom. The smallest absolute Gasteiger partial charge is 0.243 e. The van der Waals surface area contributed by atoms with Gasteiger partial charge >= 0.3 is 0 Å². The minimum absolute atomic E-state index is 0.0248. The predicted molar refractivity (Wildman–Crippen MR) is 136 cm³/mol. The number of fused-ring (bicyclic) bond motifs is 2. The topological polar surface area (TPSA) is 113 Å². The second-order valence-electron chi connectivity index (χ2n) is 10.4. The number of morpholine rings is 1. The molecular weight excluding hydrogens is 490 g/mol. The Morgan fingerprint density at radius 2 is 1.77 bits per heavy atom. The van der Waals surface area contributed by atoms with E-state index in [9.17, 15) is 21.6 Å². The maximum absolute atomic E-state index is 13.5. The summed E-state index contributed by atoms with van der Waals surface area (Å²) >= 11 is 0. The zero-order chi connectivity index (χ0) is 25.6. The number of ketones is 1. The minimum Gasteiger partial charge on any atom is -0.379 e. The van der Waals surface area contributed by atoms with Crippen molar-refractivity contribution in [1.82, 2.24) is 4.31 Å². The van der Waals surface area contributed by atoms with Gasteiger partial charge in [-0.1, -0.05) is 13.8 Å². The zero-order valence-electron chi connectivity index (χ0n) is 21.0. The van der Waals surface area contributed by atoms with Crippen LogP contribution in [0.2, 0.25) is 0 Å². The fraction of sp³-hybridized carbons (Fsp3) is 0.708. The molecule has 9 nitrogen and oxygen atoms in total. The van der Waals surface area contributed by atoms with Gasteiger partial charge in [-0.2, -0.15) is 4.31 Å². The Bertz CT molecular complexity index is 1190. The molecule has 3 aliphatic rings. The number of hydrogen-bond donors (Lipinski definition) is 1. The number of nitrogens with zero attached hydrogens (tertiary/aromatic N) is 2. The van der Waals surface area contributed by atoms with Crippen molar-refractivity contribution >= 4 is 37.2 Å². The first-order chi connectivity index (χ1) is 16.4. The van der Waals surface area contributed by atoms with E-state index >= 15 is 0 Å². The van der Waals surface area contributed by atoms with Gasteiger partial charge in [-0.15, -0.1) is 0 Å². The third-order valence-corrected chi connectivity index (χ3v) is 11.8. The lowest BCUT2D eigenvalue weighted by Crippen LogP contribution is -2.43. The first-order valence-corrected chi connectivity index (χ1v) is 15.5. The van der Waals surface area contributed by atoms with E-state index in [4.69, 9.17) is 4.74 Å². The molecule has 0 radical (unpaired) electrons. The van der Waals surface area contributed by atoms with Gasteiger partial charge < -0.3 is 9.64 Å². The maximum Gasteiger partial charge on any atom is 0.243 e. The zero-order valence-corrected chi connectivity index (χ0v) is 22.7. The fourth-order valence-corrected chi connectivity index (χ4v) is 9.50. The summed E-state index contributed by atoms with van der Waals surface area (Å²) in [6.45, 7) is 10.3. The SMILES string of the molecule is CCN(CC)c1ccc(S(=O)(=O)N2CCOCC2)cc1NS(=O)(=O)C[C@@]12CC[C@@H](CC1=O)C2(C)C. The van der Waals surface area contributed by atoms with Gasteiger partial charge in [-0.3, -0.25) is 9.52 Å². The molecule has 196 valence electrons. The first kappa shape index (κ1) is 26.4. The highest BCUT2D eigenvalue weighted by Crippen LogP contribution is 2.64.